The maximum Gasteiger partial charge on any atom is 0.210 e. The second-order valence-corrected chi connectivity index (χ2v) is 9.59. The van der Waals surface area contributed by atoms with Gasteiger partial charge in [0.1, 0.15) is 11.6 Å². The van der Waals surface area contributed by atoms with Crippen LogP contribution in [0.25, 0.3) is 22.8 Å². The van der Waals surface area contributed by atoms with Crippen LogP contribution in [0, 0.1) is 11.6 Å². The fourth-order valence-corrected chi connectivity index (χ4v) is 5.11. The molecule has 3 aromatic carbocycles. The molecule has 36 heavy (non-hydrogen) atoms. The molecule has 0 unspecified atom stereocenters. The van der Waals surface area contributed by atoms with Gasteiger partial charge in [0.05, 0.1) is 11.1 Å². The van der Waals surface area contributed by atoms with Crippen LogP contribution in [-0.2, 0) is 11.5 Å². The first-order valence-corrected chi connectivity index (χ1v) is 12.7. The number of nitrogens with two attached hydrogens (primary N) is 2. The van der Waals surface area contributed by atoms with Gasteiger partial charge in [0, 0.05) is 11.5 Å². The van der Waals surface area contributed by atoms with E-state index < -0.39 is 11.6 Å². The molecule has 0 saturated heterocycles. The summed E-state index contributed by atoms with van der Waals surface area (Å²) in [4.78, 5) is 0. The highest BCUT2D eigenvalue weighted by atomic mass is 32.2. The minimum Gasteiger partial charge on any atom is -0.335 e. The van der Waals surface area contributed by atoms with E-state index in [0.29, 0.717) is 32.9 Å². The summed E-state index contributed by atoms with van der Waals surface area (Å²) in [6.07, 6.45) is 0. The lowest BCUT2D eigenvalue weighted by Gasteiger charge is -2.07. The first kappa shape index (κ1) is 23.8. The molecule has 5 aromatic rings. The third kappa shape index (κ3) is 4.90. The van der Waals surface area contributed by atoms with Gasteiger partial charge in [-0.1, -0.05) is 72.1 Å². The second kappa shape index (κ2) is 10.4. The Hall–Kier alpha value is -3.90. The van der Waals surface area contributed by atoms with Gasteiger partial charge in [-0.15, -0.1) is 20.4 Å². The van der Waals surface area contributed by atoms with Crippen molar-refractivity contribution >= 4 is 23.5 Å². The minimum absolute atomic E-state index is 0.265. The van der Waals surface area contributed by atoms with Crippen LogP contribution in [0.3, 0.4) is 0 Å². The smallest absolute Gasteiger partial charge is 0.210 e. The molecule has 0 radical (unpaired) electrons. The quantitative estimate of drug-likeness (QED) is 0.226. The Bertz CT molecular complexity index is 1410. The predicted molar refractivity (Wildman–Crippen MR) is 137 cm³/mol. The summed E-state index contributed by atoms with van der Waals surface area (Å²) in [6, 6.07) is 20.6. The molecule has 5 rings (SSSR count). The Morgan fingerprint density at radius 2 is 1.06 bits per heavy atom. The van der Waals surface area contributed by atoms with Crippen molar-refractivity contribution in [3.8, 4) is 22.8 Å². The molecular weight excluding hydrogens is 502 g/mol. The summed E-state index contributed by atoms with van der Waals surface area (Å²) < 4.78 is 30.8. The monoisotopic (exact) mass is 522 g/mol. The lowest BCUT2D eigenvalue weighted by Crippen LogP contribution is -2.12. The SMILES string of the molecule is Nn1c(SCc2cccc(CSc3nnc(-c4ccccc4F)n3N)c2)nnc1-c1ccccc1F. The van der Waals surface area contributed by atoms with E-state index in [1.54, 1.807) is 36.4 Å². The Kier molecular flexibility index (Phi) is 6.87. The summed E-state index contributed by atoms with van der Waals surface area (Å²) in [5, 5.41) is 17.3. The van der Waals surface area contributed by atoms with Crippen molar-refractivity contribution in [2.45, 2.75) is 21.8 Å². The summed E-state index contributed by atoms with van der Waals surface area (Å²) in [5.74, 6) is 13.2. The maximum atomic E-state index is 14.1. The van der Waals surface area contributed by atoms with Gasteiger partial charge in [-0.25, -0.2) is 18.1 Å². The molecule has 0 aliphatic heterocycles. The van der Waals surface area contributed by atoms with E-state index in [4.69, 9.17) is 11.7 Å². The van der Waals surface area contributed by atoms with Gasteiger partial charge in [-0.2, -0.15) is 0 Å². The number of nitrogen functional groups attached to an aromatic ring is 2. The van der Waals surface area contributed by atoms with Crippen LogP contribution in [0.4, 0.5) is 8.78 Å². The number of hydrogen-bond donors (Lipinski definition) is 2. The van der Waals surface area contributed by atoms with Gasteiger partial charge in [-0.05, 0) is 35.4 Å². The molecular formula is C24H20F2N8S2. The third-order valence-corrected chi connectivity index (χ3v) is 7.31. The van der Waals surface area contributed by atoms with E-state index >= 15 is 0 Å². The molecule has 0 saturated carbocycles. The second-order valence-electron chi connectivity index (χ2n) is 7.71. The predicted octanol–water partition coefficient (Wildman–Crippen LogP) is 4.49. The first-order chi connectivity index (χ1) is 17.5. The highest BCUT2D eigenvalue weighted by Gasteiger charge is 2.17. The molecule has 8 nitrogen and oxygen atoms in total. The maximum absolute atomic E-state index is 14.1. The topological polar surface area (TPSA) is 113 Å². The van der Waals surface area contributed by atoms with Crippen LogP contribution in [0.2, 0.25) is 0 Å². The Balaban J connectivity index is 1.24. The van der Waals surface area contributed by atoms with E-state index in [9.17, 15) is 8.78 Å². The molecule has 0 spiro atoms. The molecule has 0 aliphatic rings. The first-order valence-electron chi connectivity index (χ1n) is 10.8. The minimum atomic E-state index is -0.410. The van der Waals surface area contributed by atoms with E-state index in [-0.39, 0.29) is 11.6 Å². The van der Waals surface area contributed by atoms with Gasteiger partial charge >= 0.3 is 0 Å². The number of nitrogens with zero attached hydrogens (tertiary/aromatic N) is 6. The van der Waals surface area contributed by atoms with Crippen molar-refractivity contribution in [1.82, 2.24) is 29.7 Å². The van der Waals surface area contributed by atoms with Crippen molar-refractivity contribution in [1.29, 1.82) is 0 Å². The average Bonchev–Trinajstić information content (AvgIpc) is 3.44. The Labute approximate surface area is 213 Å². The van der Waals surface area contributed by atoms with E-state index in [1.807, 2.05) is 18.2 Å². The number of rotatable bonds is 8. The zero-order valence-corrected chi connectivity index (χ0v) is 20.4. The molecule has 0 fully saturated rings. The van der Waals surface area contributed by atoms with Crippen LogP contribution in [0.1, 0.15) is 11.1 Å². The van der Waals surface area contributed by atoms with Crippen molar-refractivity contribution in [2.75, 3.05) is 11.7 Å². The number of aromatic nitrogens is 6. The standard InChI is InChI=1S/C24H20F2N8S2/c25-19-10-3-1-8-17(19)21-29-31-23(33(21)27)35-13-15-6-5-7-16(12-15)14-36-24-32-30-22(34(24)28)18-9-2-4-11-20(18)26/h1-12H,13-14,27-28H2. The van der Waals surface area contributed by atoms with Crippen LogP contribution in [-0.4, -0.2) is 29.7 Å². The highest BCUT2D eigenvalue weighted by molar-refractivity contribution is 7.98. The lowest BCUT2D eigenvalue weighted by molar-refractivity contribution is 0.628. The summed E-state index contributed by atoms with van der Waals surface area (Å²) in [7, 11) is 0. The van der Waals surface area contributed by atoms with Gasteiger partial charge < -0.3 is 11.7 Å². The van der Waals surface area contributed by atoms with Crippen LogP contribution < -0.4 is 11.7 Å². The molecule has 12 heteroatoms. The highest BCUT2D eigenvalue weighted by Crippen LogP contribution is 2.28. The van der Waals surface area contributed by atoms with Gasteiger partial charge in [0.2, 0.25) is 10.3 Å². The fourth-order valence-electron chi connectivity index (χ4n) is 3.51. The van der Waals surface area contributed by atoms with Gasteiger partial charge in [-0.3, -0.25) is 0 Å². The van der Waals surface area contributed by atoms with E-state index in [1.165, 1.54) is 45.0 Å². The normalized spacial score (nSPS) is 11.2. The molecule has 0 bridgehead atoms. The molecule has 0 atom stereocenters. The number of benzene rings is 3. The molecule has 0 amide bonds. The largest absolute Gasteiger partial charge is 0.335 e. The Morgan fingerprint density at radius 3 is 1.50 bits per heavy atom. The molecule has 182 valence electrons. The number of halogens is 2. The van der Waals surface area contributed by atoms with Gasteiger partial charge in [0.15, 0.2) is 11.6 Å². The third-order valence-electron chi connectivity index (χ3n) is 5.29. The van der Waals surface area contributed by atoms with Crippen molar-refractivity contribution in [2.24, 2.45) is 0 Å². The van der Waals surface area contributed by atoms with Crippen molar-refractivity contribution < 1.29 is 8.78 Å². The molecule has 2 aromatic heterocycles. The van der Waals surface area contributed by atoms with E-state index in [2.05, 4.69) is 26.5 Å². The average molecular weight is 523 g/mol. The van der Waals surface area contributed by atoms with Crippen LogP contribution in [0.15, 0.2) is 83.1 Å². The van der Waals surface area contributed by atoms with E-state index in [0.717, 1.165) is 11.1 Å². The fraction of sp³-hybridized carbons (Fsp3) is 0.0833. The number of thioether (sulfide) groups is 2. The Morgan fingerprint density at radius 1 is 0.611 bits per heavy atom. The summed E-state index contributed by atoms with van der Waals surface area (Å²) >= 11 is 2.81. The summed E-state index contributed by atoms with van der Waals surface area (Å²) in [6.45, 7) is 0. The zero-order chi connectivity index (χ0) is 25.1. The number of hydrogen-bond acceptors (Lipinski definition) is 8. The lowest BCUT2D eigenvalue weighted by atomic mass is 10.2. The zero-order valence-electron chi connectivity index (χ0n) is 18.8. The van der Waals surface area contributed by atoms with Crippen molar-refractivity contribution in [3.63, 3.8) is 0 Å². The van der Waals surface area contributed by atoms with Crippen LogP contribution in [0.5, 0.6) is 0 Å². The molecule has 0 aliphatic carbocycles. The molecule has 2 heterocycles. The van der Waals surface area contributed by atoms with Crippen LogP contribution >= 0.6 is 23.5 Å². The molecule has 4 N–H and O–H groups in total. The summed E-state index contributed by atoms with van der Waals surface area (Å²) in [5.41, 5.74) is 2.69. The van der Waals surface area contributed by atoms with Crippen molar-refractivity contribution in [3.05, 3.63) is 95.6 Å². The van der Waals surface area contributed by atoms with Gasteiger partial charge in [0.25, 0.3) is 0 Å².